The van der Waals surface area contributed by atoms with Crippen LogP contribution >= 0.6 is 0 Å². The van der Waals surface area contributed by atoms with E-state index in [1.807, 2.05) is 6.92 Å². The first kappa shape index (κ1) is 14.8. The van der Waals surface area contributed by atoms with E-state index in [0.717, 1.165) is 6.54 Å². The van der Waals surface area contributed by atoms with Gasteiger partial charge in [0.15, 0.2) is 0 Å². The quantitative estimate of drug-likeness (QED) is 0.663. The molecule has 0 saturated heterocycles. The van der Waals surface area contributed by atoms with E-state index in [1.165, 1.54) is 32.1 Å². The molecule has 0 spiro atoms. The molecule has 0 radical (unpaired) electrons. The molecule has 0 bridgehead atoms. The summed E-state index contributed by atoms with van der Waals surface area (Å²) in [5, 5.41) is 18.8. The number of aryl methyl sites for hydroxylation is 2. The molecule has 1 aromatic heterocycles. The normalized spacial score (nSPS) is 17.9. The van der Waals surface area contributed by atoms with Crippen molar-refractivity contribution in [2.24, 2.45) is 12.5 Å². The lowest BCUT2D eigenvalue weighted by molar-refractivity contribution is -0.384. The first-order valence-corrected chi connectivity index (χ1v) is 7.41. The lowest BCUT2D eigenvalue weighted by Gasteiger charge is -2.33. The molecule has 6 nitrogen and oxygen atoms in total. The van der Waals surface area contributed by atoms with Crippen molar-refractivity contribution in [1.29, 1.82) is 0 Å². The van der Waals surface area contributed by atoms with Gasteiger partial charge in [-0.15, -0.1) is 0 Å². The highest BCUT2D eigenvalue weighted by Gasteiger charge is 2.30. The molecule has 1 aromatic rings. The van der Waals surface area contributed by atoms with Crippen LogP contribution in [-0.2, 0) is 13.5 Å². The summed E-state index contributed by atoms with van der Waals surface area (Å²) in [5.41, 5.74) is 0.922. The van der Waals surface area contributed by atoms with Crippen LogP contribution in [0, 0.1) is 15.5 Å². The van der Waals surface area contributed by atoms with E-state index in [1.54, 1.807) is 11.7 Å². The monoisotopic (exact) mass is 280 g/mol. The molecule has 2 rings (SSSR count). The fraction of sp³-hybridized carbons (Fsp3) is 0.786. The van der Waals surface area contributed by atoms with Crippen LogP contribution < -0.4 is 5.32 Å². The molecule has 0 aromatic carbocycles. The zero-order valence-corrected chi connectivity index (χ0v) is 12.6. The topological polar surface area (TPSA) is 73.0 Å². The van der Waals surface area contributed by atoms with Crippen molar-refractivity contribution in [3.05, 3.63) is 15.8 Å². The number of nitro groups is 1. The van der Waals surface area contributed by atoms with E-state index in [0.29, 0.717) is 17.9 Å². The van der Waals surface area contributed by atoms with E-state index in [4.69, 9.17) is 0 Å². The number of aromatic nitrogens is 2. The summed E-state index contributed by atoms with van der Waals surface area (Å²) in [6.45, 7) is 4.93. The molecule has 1 N–H and O–H groups in total. The van der Waals surface area contributed by atoms with Gasteiger partial charge in [0, 0.05) is 13.6 Å². The number of hydrogen-bond donors (Lipinski definition) is 1. The maximum Gasteiger partial charge on any atom is 0.333 e. The number of nitrogens with zero attached hydrogens (tertiary/aromatic N) is 3. The third kappa shape index (κ3) is 2.94. The number of anilines is 1. The third-order valence-electron chi connectivity index (χ3n) is 4.35. The summed E-state index contributed by atoms with van der Waals surface area (Å²) >= 11 is 0. The van der Waals surface area contributed by atoms with Gasteiger partial charge in [-0.25, -0.2) is 4.68 Å². The van der Waals surface area contributed by atoms with Crippen molar-refractivity contribution in [3.63, 3.8) is 0 Å². The largest absolute Gasteiger partial charge is 0.364 e. The maximum atomic E-state index is 11.3. The Balaban J connectivity index is 2.16. The highest BCUT2D eigenvalue weighted by atomic mass is 16.6. The van der Waals surface area contributed by atoms with Crippen molar-refractivity contribution in [3.8, 4) is 0 Å². The Morgan fingerprint density at radius 2 is 2.05 bits per heavy atom. The Morgan fingerprint density at radius 3 is 2.60 bits per heavy atom. The molecule has 20 heavy (non-hydrogen) atoms. The Kier molecular flexibility index (Phi) is 4.30. The SMILES string of the molecule is CCc1nn(C)c(NCC2(C)CCCCC2)c1[N+](=O)[O-]. The summed E-state index contributed by atoms with van der Waals surface area (Å²) in [4.78, 5) is 10.9. The standard InChI is InChI=1S/C14H24N4O2/c1-4-11-12(18(19)20)13(17(3)16-11)15-10-14(2)8-6-5-7-9-14/h15H,4-10H2,1-3H3. The van der Waals surface area contributed by atoms with Crippen LogP contribution in [0.5, 0.6) is 0 Å². The van der Waals surface area contributed by atoms with Gasteiger partial charge >= 0.3 is 5.69 Å². The fourth-order valence-electron chi connectivity index (χ4n) is 3.08. The fourth-order valence-corrected chi connectivity index (χ4v) is 3.08. The van der Waals surface area contributed by atoms with Crippen LogP contribution in [0.2, 0.25) is 0 Å². The second-order valence-corrected chi connectivity index (χ2v) is 6.10. The molecule has 1 fully saturated rings. The predicted molar refractivity (Wildman–Crippen MR) is 78.9 cm³/mol. The van der Waals surface area contributed by atoms with Gasteiger partial charge in [0.25, 0.3) is 0 Å². The van der Waals surface area contributed by atoms with Gasteiger partial charge in [-0.05, 0) is 24.7 Å². The van der Waals surface area contributed by atoms with E-state index in [2.05, 4.69) is 17.3 Å². The van der Waals surface area contributed by atoms with Crippen LogP contribution in [0.4, 0.5) is 11.5 Å². The highest BCUT2D eigenvalue weighted by molar-refractivity contribution is 5.59. The summed E-state index contributed by atoms with van der Waals surface area (Å²) in [6, 6.07) is 0. The van der Waals surface area contributed by atoms with Crippen LogP contribution in [0.15, 0.2) is 0 Å². The van der Waals surface area contributed by atoms with Crippen molar-refractivity contribution in [2.75, 3.05) is 11.9 Å². The van der Waals surface area contributed by atoms with Gasteiger partial charge in [0.05, 0.1) is 4.92 Å². The predicted octanol–water partition coefficient (Wildman–Crippen LogP) is 3.27. The minimum atomic E-state index is -0.322. The van der Waals surface area contributed by atoms with Gasteiger partial charge in [0.1, 0.15) is 5.69 Å². The van der Waals surface area contributed by atoms with Crippen molar-refractivity contribution >= 4 is 11.5 Å². The number of rotatable bonds is 5. The zero-order valence-electron chi connectivity index (χ0n) is 12.6. The molecular formula is C14H24N4O2. The highest BCUT2D eigenvalue weighted by Crippen LogP contribution is 2.37. The van der Waals surface area contributed by atoms with Crippen LogP contribution in [-0.4, -0.2) is 21.2 Å². The first-order valence-electron chi connectivity index (χ1n) is 7.41. The van der Waals surface area contributed by atoms with Crippen LogP contribution in [0.3, 0.4) is 0 Å². The van der Waals surface area contributed by atoms with Crippen LogP contribution in [0.25, 0.3) is 0 Å². The van der Waals surface area contributed by atoms with E-state index < -0.39 is 0 Å². The number of nitrogens with one attached hydrogen (secondary N) is 1. The molecule has 1 aliphatic rings. The third-order valence-corrected chi connectivity index (χ3v) is 4.35. The van der Waals surface area contributed by atoms with Crippen molar-refractivity contribution in [2.45, 2.75) is 52.4 Å². The Hall–Kier alpha value is -1.59. The van der Waals surface area contributed by atoms with Crippen molar-refractivity contribution in [1.82, 2.24) is 9.78 Å². The average Bonchev–Trinajstić information content (AvgIpc) is 2.74. The second-order valence-electron chi connectivity index (χ2n) is 6.10. The first-order chi connectivity index (χ1) is 9.47. The molecule has 1 aliphatic carbocycles. The lowest BCUT2D eigenvalue weighted by atomic mass is 9.76. The summed E-state index contributed by atoms with van der Waals surface area (Å²) in [7, 11) is 1.76. The molecule has 0 unspecified atom stereocenters. The number of hydrogen-bond acceptors (Lipinski definition) is 4. The van der Waals surface area contributed by atoms with Crippen molar-refractivity contribution < 1.29 is 4.92 Å². The van der Waals surface area contributed by atoms with Gasteiger partial charge in [-0.3, -0.25) is 10.1 Å². The molecule has 0 amide bonds. The lowest BCUT2D eigenvalue weighted by Crippen LogP contribution is -2.29. The molecule has 0 atom stereocenters. The summed E-state index contributed by atoms with van der Waals surface area (Å²) < 4.78 is 1.60. The Morgan fingerprint density at radius 1 is 1.40 bits per heavy atom. The second kappa shape index (κ2) is 5.81. The van der Waals surface area contributed by atoms with E-state index >= 15 is 0 Å². The minimum absolute atomic E-state index is 0.134. The molecule has 6 heteroatoms. The Bertz CT molecular complexity index is 490. The van der Waals surface area contributed by atoms with Gasteiger partial charge < -0.3 is 5.32 Å². The minimum Gasteiger partial charge on any atom is -0.364 e. The van der Waals surface area contributed by atoms with Gasteiger partial charge in [-0.1, -0.05) is 33.1 Å². The van der Waals surface area contributed by atoms with Crippen LogP contribution in [0.1, 0.15) is 51.6 Å². The van der Waals surface area contributed by atoms with Gasteiger partial charge in [0.2, 0.25) is 5.82 Å². The van der Waals surface area contributed by atoms with E-state index in [9.17, 15) is 10.1 Å². The molecule has 112 valence electrons. The van der Waals surface area contributed by atoms with E-state index in [-0.39, 0.29) is 16.0 Å². The molecule has 0 aliphatic heterocycles. The average molecular weight is 280 g/mol. The smallest absolute Gasteiger partial charge is 0.333 e. The summed E-state index contributed by atoms with van der Waals surface area (Å²) in [5.74, 6) is 0.540. The molecular weight excluding hydrogens is 256 g/mol. The summed E-state index contributed by atoms with van der Waals surface area (Å²) in [6.07, 6.45) is 6.76. The maximum absolute atomic E-state index is 11.3. The Labute approximate surface area is 119 Å². The van der Waals surface area contributed by atoms with Gasteiger partial charge in [-0.2, -0.15) is 5.10 Å². The zero-order chi connectivity index (χ0) is 14.8. The molecule has 1 saturated carbocycles. The molecule has 1 heterocycles.